The number of carbonyl (C=O) groups excluding carboxylic acids is 2. The zero-order valence-corrected chi connectivity index (χ0v) is 15.7. The average Bonchev–Trinajstić information content (AvgIpc) is 2.80. The molecule has 1 aliphatic heterocycles. The number of amides is 3. The van der Waals surface area contributed by atoms with Crippen LogP contribution < -0.4 is 16.2 Å². The largest absolute Gasteiger partial charge is 0.324 e. The van der Waals surface area contributed by atoms with Crippen LogP contribution in [0.1, 0.15) is 25.8 Å². The molecule has 1 aliphatic rings. The number of aromatic nitrogens is 1. The van der Waals surface area contributed by atoms with Crippen LogP contribution in [0.25, 0.3) is 0 Å². The first-order chi connectivity index (χ1) is 12.9. The summed E-state index contributed by atoms with van der Waals surface area (Å²) in [7, 11) is 1.62. The van der Waals surface area contributed by atoms with E-state index >= 15 is 0 Å². The Morgan fingerprint density at radius 1 is 1.26 bits per heavy atom. The molecule has 2 atom stereocenters. The highest BCUT2D eigenvalue weighted by Gasteiger charge is 2.36. The van der Waals surface area contributed by atoms with Crippen molar-refractivity contribution in [2.75, 3.05) is 10.6 Å². The second-order valence-electron chi connectivity index (χ2n) is 6.87. The number of para-hydroxylation sites is 1. The monoisotopic (exact) mass is 368 g/mol. The summed E-state index contributed by atoms with van der Waals surface area (Å²) < 4.78 is 1.40. The molecule has 0 saturated carbocycles. The molecule has 3 amide bonds. The third kappa shape index (κ3) is 3.72. The van der Waals surface area contributed by atoms with Crippen molar-refractivity contribution in [3.63, 3.8) is 0 Å². The number of nitrogens with one attached hydrogen (secondary N) is 2. The molecule has 7 heteroatoms. The Hall–Kier alpha value is -3.09. The molecule has 2 heterocycles. The summed E-state index contributed by atoms with van der Waals surface area (Å²) >= 11 is 0. The highest BCUT2D eigenvalue weighted by molar-refractivity contribution is 6.00. The van der Waals surface area contributed by atoms with Gasteiger partial charge < -0.3 is 20.1 Å². The van der Waals surface area contributed by atoms with Crippen LogP contribution in [0.4, 0.5) is 16.2 Å². The lowest BCUT2D eigenvalue weighted by molar-refractivity contribution is -0.121. The van der Waals surface area contributed by atoms with E-state index in [1.54, 1.807) is 25.4 Å². The van der Waals surface area contributed by atoms with Gasteiger partial charge in [0.1, 0.15) is 11.7 Å². The quantitative estimate of drug-likeness (QED) is 0.874. The first-order valence-corrected chi connectivity index (χ1v) is 9.04. The molecule has 0 fully saturated rings. The number of urea groups is 1. The van der Waals surface area contributed by atoms with Gasteiger partial charge in [0.25, 0.3) is 5.56 Å². The molecule has 142 valence electrons. The standard InChI is InChI=1S/C20H24N4O3/c1-4-13(2)17-18(25)21-15-9-6-5-8-14(15)12-24(17)20(27)22-16-10-7-11-23(3)19(16)26/h5-11,13,17H,4,12H2,1-3H3,(H,21,25)(H,22,27)/t13-,17-/m0/s1. The fraction of sp³-hybridized carbons (Fsp3) is 0.350. The van der Waals surface area contributed by atoms with Crippen LogP contribution >= 0.6 is 0 Å². The van der Waals surface area contributed by atoms with Crippen molar-refractivity contribution in [2.45, 2.75) is 32.9 Å². The van der Waals surface area contributed by atoms with Crippen LogP contribution in [0.2, 0.25) is 0 Å². The van der Waals surface area contributed by atoms with E-state index in [9.17, 15) is 14.4 Å². The smallest absolute Gasteiger partial charge is 0.322 e. The Balaban J connectivity index is 1.97. The lowest BCUT2D eigenvalue weighted by Crippen LogP contribution is -2.50. The third-order valence-electron chi connectivity index (χ3n) is 5.03. The summed E-state index contributed by atoms with van der Waals surface area (Å²) in [5, 5.41) is 5.61. The summed E-state index contributed by atoms with van der Waals surface area (Å²) in [6.07, 6.45) is 2.36. The number of aryl methyl sites for hydroxylation is 1. The number of hydrogen-bond donors (Lipinski definition) is 2. The molecule has 0 radical (unpaired) electrons. The predicted molar refractivity (Wildman–Crippen MR) is 105 cm³/mol. The third-order valence-corrected chi connectivity index (χ3v) is 5.03. The maximum absolute atomic E-state index is 13.1. The fourth-order valence-corrected chi connectivity index (χ4v) is 3.28. The minimum atomic E-state index is -0.630. The van der Waals surface area contributed by atoms with E-state index in [0.29, 0.717) is 5.69 Å². The SMILES string of the molecule is CC[C@H](C)[C@H]1C(=O)Nc2ccccc2CN1C(=O)Nc1cccn(C)c1=O. The molecule has 2 aromatic rings. The number of hydrogen-bond acceptors (Lipinski definition) is 3. The number of nitrogens with zero attached hydrogens (tertiary/aromatic N) is 2. The van der Waals surface area contributed by atoms with E-state index < -0.39 is 12.1 Å². The van der Waals surface area contributed by atoms with Crippen LogP contribution in [0, 0.1) is 5.92 Å². The average molecular weight is 368 g/mol. The molecule has 0 saturated heterocycles. The summed E-state index contributed by atoms with van der Waals surface area (Å²) in [5.41, 5.74) is 1.45. The minimum absolute atomic E-state index is 0.0383. The van der Waals surface area contributed by atoms with Gasteiger partial charge in [-0.25, -0.2) is 4.79 Å². The molecule has 0 aliphatic carbocycles. The van der Waals surface area contributed by atoms with Crippen molar-refractivity contribution in [1.82, 2.24) is 9.47 Å². The summed E-state index contributed by atoms with van der Waals surface area (Å²) in [6.45, 7) is 4.21. The van der Waals surface area contributed by atoms with Crippen molar-refractivity contribution in [1.29, 1.82) is 0 Å². The molecule has 0 bridgehead atoms. The van der Waals surface area contributed by atoms with Gasteiger partial charge >= 0.3 is 6.03 Å². The number of rotatable bonds is 3. The van der Waals surface area contributed by atoms with Crippen molar-refractivity contribution in [2.24, 2.45) is 13.0 Å². The zero-order chi connectivity index (χ0) is 19.6. The molecule has 27 heavy (non-hydrogen) atoms. The number of anilines is 2. The maximum atomic E-state index is 13.1. The van der Waals surface area contributed by atoms with Gasteiger partial charge in [0.2, 0.25) is 5.91 Å². The van der Waals surface area contributed by atoms with Gasteiger partial charge in [-0.1, -0.05) is 38.5 Å². The molecule has 1 aromatic carbocycles. The van der Waals surface area contributed by atoms with E-state index in [1.165, 1.54) is 9.47 Å². The van der Waals surface area contributed by atoms with Gasteiger partial charge in [0.05, 0.1) is 6.54 Å². The van der Waals surface area contributed by atoms with Gasteiger partial charge in [-0.3, -0.25) is 9.59 Å². The Labute approximate surface area is 158 Å². The Morgan fingerprint density at radius 3 is 2.74 bits per heavy atom. The Bertz CT molecular complexity index is 921. The van der Waals surface area contributed by atoms with Gasteiger partial charge in [0, 0.05) is 18.9 Å². The predicted octanol–water partition coefficient (Wildman–Crippen LogP) is 2.79. The second kappa shape index (κ2) is 7.65. The molecule has 1 aromatic heterocycles. The van der Waals surface area contributed by atoms with Crippen LogP contribution in [0.15, 0.2) is 47.4 Å². The zero-order valence-electron chi connectivity index (χ0n) is 15.7. The van der Waals surface area contributed by atoms with Crippen LogP contribution in [-0.2, 0) is 18.4 Å². The first-order valence-electron chi connectivity index (χ1n) is 9.04. The maximum Gasteiger partial charge on any atom is 0.322 e. The van der Waals surface area contributed by atoms with E-state index in [2.05, 4.69) is 10.6 Å². The molecular weight excluding hydrogens is 344 g/mol. The van der Waals surface area contributed by atoms with Gasteiger partial charge in [-0.15, -0.1) is 0 Å². The molecular formula is C20H24N4O3. The first kappa shape index (κ1) is 18.7. The van der Waals surface area contributed by atoms with Crippen LogP contribution in [0.5, 0.6) is 0 Å². The van der Waals surface area contributed by atoms with E-state index in [-0.39, 0.29) is 29.6 Å². The highest BCUT2D eigenvalue weighted by atomic mass is 16.2. The van der Waals surface area contributed by atoms with Crippen molar-refractivity contribution in [3.05, 3.63) is 58.5 Å². The minimum Gasteiger partial charge on any atom is -0.324 e. The number of pyridine rings is 1. The second-order valence-corrected chi connectivity index (χ2v) is 6.87. The summed E-state index contributed by atoms with van der Waals surface area (Å²) in [5.74, 6) is -0.255. The van der Waals surface area contributed by atoms with E-state index in [0.717, 1.165) is 12.0 Å². The van der Waals surface area contributed by atoms with Crippen molar-refractivity contribution >= 4 is 23.3 Å². The summed E-state index contributed by atoms with van der Waals surface area (Å²) in [6, 6.07) is 9.59. The topological polar surface area (TPSA) is 83.4 Å². The number of fused-ring (bicyclic) bond motifs is 1. The molecule has 2 N–H and O–H groups in total. The molecule has 0 unspecified atom stereocenters. The Kier molecular flexibility index (Phi) is 5.30. The van der Waals surface area contributed by atoms with Gasteiger partial charge in [0.15, 0.2) is 0 Å². The number of carbonyl (C=O) groups is 2. The molecule has 0 spiro atoms. The van der Waals surface area contributed by atoms with Crippen molar-refractivity contribution in [3.8, 4) is 0 Å². The lowest BCUT2D eigenvalue weighted by atomic mass is 9.97. The molecule has 7 nitrogen and oxygen atoms in total. The van der Waals surface area contributed by atoms with Gasteiger partial charge in [-0.05, 0) is 29.7 Å². The molecule has 3 rings (SSSR count). The van der Waals surface area contributed by atoms with Gasteiger partial charge in [-0.2, -0.15) is 0 Å². The van der Waals surface area contributed by atoms with Crippen molar-refractivity contribution < 1.29 is 9.59 Å². The Morgan fingerprint density at radius 2 is 2.00 bits per heavy atom. The van der Waals surface area contributed by atoms with Crippen LogP contribution in [0.3, 0.4) is 0 Å². The lowest BCUT2D eigenvalue weighted by Gasteiger charge is -2.32. The summed E-state index contributed by atoms with van der Waals surface area (Å²) in [4.78, 5) is 39.7. The van der Waals surface area contributed by atoms with E-state index in [4.69, 9.17) is 0 Å². The number of benzene rings is 1. The van der Waals surface area contributed by atoms with Crippen LogP contribution in [-0.4, -0.2) is 27.4 Å². The normalized spacial score (nSPS) is 17.5. The fourth-order valence-electron chi connectivity index (χ4n) is 3.28. The highest BCUT2D eigenvalue weighted by Crippen LogP contribution is 2.27. The van der Waals surface area contributed by atoms with E-state index in [1.807, 2.05) is 38.1 Å².